The van der Waals surface area contributed by atoms with E-state index < -0.39 is 21.4 Å². The second-order valence-corrected chi connectivity index (χ2v) is 7.56. The van der Waals surface area contributed by atoms with Crippen molar-refractivity contribution in [3.05, 3.63) is 93.6 Å². The van der Waals surface area contributed by atoms with Gasteiger partial charge in [0.2, 0.25) is 0 Å². The molecule has 0 unspecified atom stereocenters. The maximum absolute atomic E-state index is 12.8. The van der Waals surface area contributed by atoms with Crippen LogP contribution in [-0.2, 0) is 10.1 Å². The van der Waals surface area contributed by atoms with Crippen LogP contribution >= 0.6 is 0 Å². The first-order valence-corrected chi connectivity index (χ1v) is 9.70. The number of rotatable bonds is 4. The Balaban J connectivity index is 1.78. The lowest BCUT2D eigenvalue weighted by Crippen LogP contribution is -2.22. The van der Waals surface area contributed by atoms with E-state index in [0.29, 0.717) is 5.56 Å². The molecule has 0 aliphatic carbocycles. The highest BCUT2D eigenvalue weighted by molar-refractivity contribution is 7.87. The van der Waals surface area contributed by atoms with Gasteiger partial charge >= 0.3 is 15.8 Å². The lowest BCUT2D eigenvalue weighted by atomic mass is 10.1. The minimum absolute atomic E-state index is 0.0422. The average Bonchev–Trinajstić information content (AvgIpc) is 2.68. The molecular weight excluding hydrogens is 380 g/mol. The molecule has 4 aromatic rings. The summed E-state index contributed by atoms with van der Waals surface area (Å²) in [5.41, 5.74) is 0.314. The number of hydrogen-bond acceptors (Lipinski definition) is 5. The van der Waals surface area contributed by atoms with Gasteiger partial charge < -0.3 is 9.17 Å². The zero-order valence-electron chi connectivity index (χ0n) is 14.4. The van der Waals surface area contributed by atoms with Crippen LogP contribution in [0.25, 0.3) is 22.0 Å². The monoisotopic (exact) mass is 394 g/mol. The quantitative estimate of drug-likeness (QED) is 0.517. The highest BCUT2D eigenvalue weighted by Crippen LogP contribution is 2.31. The lowest BCUT2D eigenvalue weighted by Gasteiger charge is -2.12. The summed E-state index contributed by atoms with van der Waals surface area (Å²) in [5.74, 6) is 0.171. The van der Waals surface area contributed by atoms with Crippen molar-refractivity contribution in [2.45, 2.75) is 4.90 Å². The third-order valence-electron chi connectivity index (χ3n) is 4.17. The van der Waals surface area contributed by atoms with E-state index in [1.165, 1.54) is 18.2 Å². The molecule has 0 spiro atoms. The zero-order valence-corrected chi connectivity index (χ0v) is 15.2. The molecule has 0 fully saturated rings. The molecule has 1 heterocycles. The molecule has 1 aromatic heterocycles. The van der Waals surface area contributed by atoms with Gasteiger partial charge in [0.15, 0.2) is 5.75 Å². The number of para-hydroxylation sites is 1. The van der Waals surface area contributed by atoms with E-state index in [-0.39, 0.29) is 21.5 Å². The molecule has 140 valence electrons. The molecule has 0 aliphatic heterocycles. The first kappa shape index (κ1) is 17.7. The number of aromatic amines is 2. The van der Waals surface area contributed by atoms with Crippen LogP contribution in [0.5, 0.6) is 5.75 Å². The summed E-state index contributed by atoms with van der Waals surface area (Å²) in [5, 5.41) is 0.0422. The van der Waals surface area contributed by atoms with Crippen molar-refractivity contribution in [1.82, 2.24) is 9.97 Å². The standard InChI is InChI=1S/C20H14N2O5S/c23-19-16-12-14(10-11-17(16)21-20(24)22-19)28(25,26)27-18-9-5-4-8-15(18)13-6-2-1-3-7-13/h1-12H,(H2,21,22,23,24). The van der Waals surface area contributed by atoms with Crippen LogP contribution < -0.4 is 15.4 Å². The van der Waals surface area contributed by atoms with E-state index in [0.717, 1.165) is 5.56 Å². The molecule has 8 heteroatoms. The molecule has 0 atom stereocenters. The molecule has 4 rings (SSSR count). The molecular formula is C20H14N2O5S. The first-order valence-electron chi connectivity index (χ1n) is 8.29. The van der Waals surface area contributed by atoms with E-state index >= 15 is 0 Å². The van der Waals surface area contributed by atoms with Crippen molar-refractivity contribution in [2.75, 3.05) is 0 Å². The molecule has 0 saturated carbocycles. The van der Waals surface area contributed by atoms with E-state index in [1.54, 1.807) is 24.3 Å². The Bertz CT molecular complexity index is 1390. The van der Waals surface area contributed by atoms with Crippen LogP contribution in [0.4, 0.5) is 0 Å². The predicted octanol–water partition coefficient (Wildman–Crippen LogP) is 2.65. The Hall–Kier alpha value is -3.65. The van der Waals surface area contributed by atoms with Crippen molar-refractivity contribution < 1.29 is 12.6 Å². The summed E-state index contributed by atoms with van der Waals surface area (Å²) in [7, 11) is -4.21. The fourth-order valence-corrected chi connectivity index (χ4v) is 3.84. The zero-order chi connectivity index (χ0) is 19.7. The van der Waals surface area contributed by atoms with Crippen LogP contribution in [0.15, 0.2) is 87.3 Å². The van der Waals surface area contributed by atoms with Gasteiger partial charge in [-0.3, -0.25) is 9.78 Å². The van der Waals surface area contributed by atoms with E-state index in [1.807, 2.05) is 30.3 Å². The van der Waals surface area contributed by atoms with Crippen molar-refractivity contribution >= 4 is 21.0 Å². The van der Waals surface area contributed by atoms with Crippen molar-refractivity contribution in [3.63, 3.8) is 0 Å². The summed E-state index contributed by atoms with van der Waals surface area (Å²) in [6.45, 7) is 0. The molecule has 2 N–H and O–H groups in total. The van der Waals surface area contributed by atoms with E-state index in [9.17, 15) is 18.0 Å². The maximum Gasteiger partial charge on any atom is 0.339 e. The van der Waals surface area contributed by atoms with Crippen LogP contribution in [0.2, 0.25) is 0 Å². The van der Waals surface area contributed by atoms with Crippen LogP contribution in [-0.4, -0.2) is 18.4 Å². The van der Waals surface area contributed by atoms with Crippen molar-refractivity contribution in [2.24, 2.45) is 0 Å². The largest absolute Gasteiger partial charge is 0.378 e. The Morgan fingerprint density at radius 2 is 1.50 bits per heavy atom. The average molecular weight is 394 g/mol. The van der Waals surface area contributed by atoms with Gasteiger partial charge in [0.05, 0.1) is 10.9 Å². The number of nitrogens with one attached hydrogen (secondary N) is 2. The summed E-state index contributed by atoms with van der Waals surface area (Å²) < 4.78 is 31.0. The van der Waals surface area contributed by atoms with Crippen molar-refractivity contribution in [3.8, 4) is 16.9 Å². The summed E-state index contributed by atoms with van der Waals surface area (Å²) in [6, 6.07) is 19.8. The van der Waals surface area contributed by atoms with Gasteiger partial charge in [0.1, 0.15) is 4.90 Å². The predicted molar refractivity (Wildman–Crippen MR) is 105 cm³/mol. The van der Waals surface area contributed by atoms with Gasteiger partial charge in [-0.1, -0.05) is 48.5 Å². The molecule has 0 radical (unpaired) electrons. The number of fused-ring (bicyclic) bond motifs is 1. The molecule has 0 bridgehead atoms. The molecule has 0 aliphatic rings. The number of aromatic nitrogens is 2. The van der Waals surface area contributed by atoms with E-state index in [4.69, 9.17) is 4.18 Å². The number of benzene rings is 3. The summed E-state index contributed by atoms with van der Waals surface area (Å²) in [6.07, 6.45) is 0. The third kappa shape index (κ3) is 3.33. The van der Waals surface area contributed by atoms with E-state index in [2.05, 4.69) is 9.97 Å². The molecule has 28 heavy (non-hydrogen) atoms. The highest BCUT2D eigenvalue weighted by Gasteiger charge is 2.20. The maximum atomic E-state index is 12.8. The number of H-pyrrole nitrogens is 2. The normalized spacial score (nSPS) is 11.4. The Kier molecular flexibility index (Phi) is 4.32. The van der Waals surface area contributed by atoms with Gasteiger partial charge in [0, 0.05) is 5.56 Å². The first-order chi connectivity index (χ1) is 13.4. The summed E-state index contributed by atoms with van der Waals surface area (Å²) >= 11 is 0. The lowest BCUT2D eigenvalue weighted by molar-refractivity contribution is 0.487. The van der Waals surface area contributed by atoms with Gasteiger partial charge in [-0.25, -0.2) is 4.79 Å². The Morgan fingerprint density at radius 1 is 0.786 bits per heavy atom. The molecule has 7 nitrogen and oxygen atoms in total. The second kappa shape index (κ2) is 6.82. The minimum atomic E-state index is -4.21. The van der Waals surface area contributed by atoms with Crippen molar-refractivity contribution in [1.29, 1.82) is 0 Å². The van der Waals surface area contributed by atoms with Gasteiger partial charge in [0.25, 0.3) is 5.56 Å². The van der Waals surface area contributed by atoms with Crippen LogP contribution in [0.1, 0.15) is 0 Å². The highest BCUT2D eigenvalue weighted by atomic mass is 32.2. The fourth-order valence-electron chi connectivity index (χ4n) is 2.86. The molecule has 0 saturated heterocycles. The Morgan fingerprint density at radius 3 is 2.29 bits per heavy atom. The SMILES string of the molecule is O=c1[nH]c(=O)c2cc(S(=O)(=O)Oc3ccccc3-c3ccccc3)ccc2[nH]1. The molecule has 0 amide bonds. The smallest absolute Gasteiger partial charge is 0.339 e. The molecule has 3 aromatic carbocycles. The van der Waals surface area contributed by atoms with Crippen LogP contribution in [0, 0.1) is 0 Å². The van der Waals surface area contributed by atoms with Gasteiger partial charge in [-0.15, -0.1) is 0 Å². The topological polar surface area (TPSA) is 109 Å². The van der Waals surface area contributed by atoms with Crippen LogP contribution in [0.3, 0.4) is 0 Å². The van der Waals surface area contributed by atoms with Gasteiger partial charge in [-0.05, 0) is 29.8 Å². The second-order valence-electron chi connectivity index (χ2n) is 6.02. The minimum Gasteiger partial charge on any atom is -0.378 e. The third-order valence-corrected chi connectivity index (χ3v) is 5.40. The fraction of sp³-hybridized carbons (Fsp3) is 0. The number of hydrogen-bond donors (Lipinski definition) is 2. The van der Waals surface area contributed by atoms with Gasteiger partial charge in [-0.2, -0.15) is 8.42 Å². The summed E-state index contributed by atoms with van der Waals surface area (Å²) in [4.78, 5) is 27.6. The Labute approximate surface area is 159 Å².